The van der Waals surface area contributed by atoms with Crippen molar-refractivity contribution >= 4 is 32.9 Å². The zero-order chi connectivity index (χ0) is 28.1. The van der Waals surface area contributed by atoms with E-state index in [1.807, 2.05) is 27.7 Å². The van der Waals surface area contributed by atoms with E-state index < -0.39 is 18.0 Å². The van der Waals surface area contributed by atoms with Crippen molar-refractivity contribution in [1.82, 2.24) is 24.3 Å². The SMILES string of the molecule is Cc1cnc(Nc2cc(-c3ccnc(-n4ncc5cc(C(C)(C)C)cc(F)c5c4=O)c3CO)cn(C)c2=O)s1. The quantitative estimate of drug-likeness (QED) is 0.332. The molecule has 0 amide bonds. The lowest BCUT2D eigenvalue weighted by Crippen LogP contribution is -2.25. The highest BCUT2D eigenvalue weighted by Gasteiger charge is 2.21. The van der Waals surface area contributed by atoms with Gasteiger partial charge in [0, 0.05) is 47.0 Å². The van der Waals surface area contributed by atoms with E-state index in [4.69, 9.17) is 0 Å². The van der Waals surface area contributed by atoms with Crippen LogP contribution in [0.4, 0.5) is 15.2 Å². The van der Waals surface area contributed by atoms with Crippen LogP contribution in [0.3, 0.4) is 0 Å². The lowest BCUT2D eigenvalue weighted by atomic mass is 9.86. The molecule has 9 nitrogen and oxygen atoms in total. The van der Waals surface area contributed by atoms with Gasteiger partial charge < -0.3 is 15.0 Å². The Morgan fingerprint density at radius 1 is 1.10 bits per heavy atom. The lowest BCUT2D eigenvalue weighted by Gasteiger charge is -2.20. The van der Waals surface area contributed by atoms with Gasteiger partial charge in [0.15, 0.2) is 10.9 Å². The van der Waals surface area contributed by atoms with Crippen LogP contribution in [0.5, 0.6) is 0 Å². The molecule has 0 aliphatic carbocycles. The number of thiazole rings is 1. The standard InChI is InChI=1S/C28H27FN6O3S/c1-15-11-31-27(39-15)33-22-9-17(13-34(5)25(22)37)19-6-7-30-24(20(19)14-36)35-26(38)23-16(12-32-35)8-18(10-21(23)29)28(2,3)4/h6-13,36H,14H2,1-5H3,(H,31,33). The zero-order valence-electron chi connectivity index (χ0n) is 22.1. The Bertz CT molecular complexity index is 1850. The van der Waals surface area contributed by atoms with Crippen molar-refractivity contribution in [1.29, 1.82) is 0 Å². The van der Waals surface area contributed by atoms with Gasteiger partial charge in [-0.1, -0.05) is 20.8 Å². The third kappa shape index (κ3) is 4.86. The molecule has 200 valence electrons. The van der Waals surface area contributed by atoms with E-state index in [0.29, 0.717) is 32.9 Å². The van der Waals surface area contributed by atoms with Crippen molar-refractivity contribution in [3.63, 3.8) is 0 Å². The third-order valence-electron chi connectivity index (χ3n) is 6.45. The Kier molecular flexibility index (Phi) is 6.65. The van der Waals surface area contributed by atoms with Crippen molar-refractivity contribution in [2.24, 2.45) is 7.05 Å². The smallest absolute Gasteiger partial charge is 0.283 e. The number of aliphatic hydroxyl groups is 1. The highest BCUT2D eigenvalue weighted by molar-refractivity contribution is 7.15. The number of aromatic nitrogens is 5. The number of hydrogen-bond acceptors (Lipinski definition) is 8. The van der Waals surface area contributed by atoms with Crippen LogP contribution in [0.2, 0.25) is 0 Å². The van der Waals surface area contributed by atoms with Crippen LogP contribution in [0, 0.1) is 12.7 Å². The normalized spacial score (nSPS) is 11.8. The largest absolute Gasteiger partial charge is 0.392 e. The number of anilines is 2. The number of benzene rings is 1. The van der Waals surface area contributed by atoms with Gasteiger partial charge in [-0.25, -0.2) is 14.4 Å². The van der Waals surface area contributed by atoms with Gasteiger partial charge in [-0.15, -0.1) is 11.3 Å². The van der Waals surface area contributed by atoms with Crippen LogP contribution < -0.4 is 16.4 Å². The predicted molar refractivity (Wildman–Crippen MR) is 151 cm³/mol. The average Bonchev–Trinajstić information content (AvgIpc) is 3.30. The van der Waals surface area contributed by atoms with Crippen LogP contribution in [0.1, 0.15) is 36.8 Å². The Balaban J connectivity index is 1.66. The second-order valence-corrected chi connectivity index (χ2v) is 11.5. The molecular weight excluding hydrogens is 519 g/mol. The van der Waals surface area contributed by atoms with E-state index in [-0.39, 0.29) is 22.2 Å². The minimum absolute atomic E-state index is 0.0695. The van der Waals surface area contributed by atoms with E-state index in [0.717, 1.165) is 15.1 Å². The highest BCUT2D eigenvalue weighted by atomic mass is 32.1. The number of rotatable bonds is 5. The Hall–Kier alpha value is -4.22. The molecular formula is C28H27FN6O3S. The lowest BCUT2D eigenvalue weighted by molar-refractivity contribution is 0.281. The van der Waals surface area contributed by atoms with Gasteiger partial charge >= 0.3 is 0 Å². The summed E-state index contributed by atoms with van der Waals surface area (Å²) in [6, 6.07) is 6.46. The van der Waals surface area contributed by atoms with Crippen molar-refractivity contribution in [2.75, 3.05) is 5.32 Å². The number of pyridine rings is 2. The Morgan fingerprint density at radius 3 is 2.54 bits per heavy atom. The fourth-order valence-electron chi connectivity index (χ4n) is 4.38. The molecule has 0 spiro atoms. The van der Waals surface area contributed by atoms with Gasteiger partial charge in [-0.05, 0) is 47.7 Å². The van der Waals surface area contributed by atoms with E-state index in [1.54, 1.807) is 37.6 Å². The first-order chi connectivity index (χ1) is 18.5. The van der Waals surface area contributed by atoms with E-state index in [2.05, 4.69) is 20.4 Å². The summed E-state index contributed by atoms with van der Waals surface area (Å²) in [6.07, 6.45) is 6.24. The van der Waals surface area contributed by atoms with Gasteiger partial charge in [0.1, 0.15) is 11.5 Å². The average molecular weight is 547 g/mol. The first kappa shape index (κ1) is 26.4. The Labute approximate surface area is 227 Å². The van der Waals surface area contributed by atoms with E-state index in [1.165, 1.54) is 34.4 Å². The number of aryl methyl sites for hydroxylation is 2. The number of nitrogens with zero attached hydrogens (tertiary/aromatic N) is 5. The second-order valence-electron chi connectivity index (χ2n) is 10.3. The molecule has 0 saturated carbocycles. The summed E-state index contributed by atoms with van der Waals surface area (Å²) in [5.41, 5.74) is 1.21. The summed E-state index contributed by atoms with van der Waals surface area (Å²) < 4.78 is 17.6. The molecule has 0 atom stereocenters. The first-order valence-corrected chi connectivity index (χ1v) is 13.0. The fraction of sp³-hybridized carbons (Fsp3) is 0.250. The van der Waals surface area contributed by atoms with Crippen LogP contribution in [-0.4, -0.2) is 29.4 Å². The number of aliphatic hydroxyl groups excluding tert-OH is 1. The fourth-order valence-corrected chi connectivity index (χ4v) is 5.06. The first-order valence-electron chi connectivity index (χ1n) is 12.2. The van der Waals surface area contributed by atoms with Crippen molar-refractivity contribution in [2.45, 2.75) is 39.7 Å². The molecule has 2 N–H and O–H groups in total. The summed E-state index contributed by atoms with van der Waals surface area (Å²) in [4.78, 5) is 35.9. The molecule has 0 aliphatic rings. The number of halogens is 1. The number of hydrogen-bond donors (Lipinski definition) is 2. The molecule has 0 saturated heterocycles. The molecule has 4 heterocycles. The minimum Gasteiger partial charge on any atom is -0.392 e. The minimum atomic E-state index is -0.688. The number of fused-ring (bicyclic) bond motifs is 1. The molecule has 0 aliphatic heterocycles. The van der Waals surface area contributed by atoms with Crippen LogP contribution in [0.15, 0.2) is 58.6 Å². The van der Waals surface area contributed by atoms with E-state index >= 15 is 4.39 Å². The number of nitrogens with one attached hydrogen (secondary N) is 1. The molecule has 0 radical (unpaired) electrons. The summed E-state index contributed by atoms with van der Waals surface area (Å²) in [6.45, 7) is 7.32. The molecule has 39 heavy (non-hydrogen) atoms. The highest BCUT2D eigenvalue weighted by Crippen LogP contribution is 2.30. The van der Waals surface area contributed by atoms with Gasteiger partial charge in [-0.3, -0.25) is 9.59 Å². The Morgan fingerprint density at radius 2 is 1.87 bits per heavy atom. The van der Waals surface area contributed by atoms with Crippen molar-refractivity contribution in [3.8, 4) is 16.9 Å². The zero-order valence-corrected chi connectivity index (χ0v) is 22.9. The van der Waals surface area contributed by atoms with Crippen molar-refractivity contribution in [3.05, 3.63) is 91.6 Å². The van der Waals surface area contributed by atoms with Gasteiger partial charge in [-0.2, -0.15) is 9.78 Å². The summed E-state index contributed by atoms with van der Waals surface area (Å²) in [5.74, 6) is -0.577. The molecule has 1 aromatic carbocycles. The summed E-state index contributed by atoms with van der Waals surface area (Å²) in [7, 11) is 1.62. The van der Waals surface area contributed by atoms with Crippen LogP contribution in [0.25, 0.3) is 27.7 Å². The van der Waals surface area contributed by atoms with Gasteiger partial charge in [0.2, 0.25) is 0 Å². The van der Waals surface area contributed by atoms with Crippen molar-refractivity contribution < 1.29 is 9.50 Å². The predicted octanol–water partition coefficient (Wildman–Crippen LogP) is 4.58. The molecule has 0 bridgehead atoms. The van der Waals surface area contributed by atoms with E-state index in [9.17, 15) is 14.7 Å². The molecule has 0 fully saturated rings. The van der Waals surface area contributed by atoms with Gasteiger partial charge in [0.05, 0.1) is 18.2 Å². The van der Waals surface area contributed by atoms with Crippen LogP contribution in [-0.2, 0) is 19.1 Å². The molecule has 4 aromatic heterocycles. The molecule has 5 aromatic rings. The topological polar surface area (TPSA) is 115 Å². The molecule has 5 rings (SSSR count). The monoisotopic (exact) mass is 546 g/mol. The summed E-state index contributed by atoms with van der Waals surface area (Å²) in [5, 5.41) is 18.6. The molecule has 0 unspecified atom stereocenters. The maximum absolute atomic E-state index is 15.2. The molecule has 11 heteroatoms. The second kappa shape index (κ2) is 9.83. The third-order valence-corrected chi connectivity index (χ3v) is 7.28. The van der Waals surface area contributed by atoms with Gasteiger partial charge in [0.25, 0.3) is 11.1 Å². The van der Waals surface area contributed by atoms with Crippen LogP contribution >= 0.6 is 11.3 Å². The summed E-state index contributed by atoms with van der Waals surface area (Å²) >= 11 is 1.41. The maximum Gasteiger partial charge on any atom is 0.283 e. The maximum atomic E-state index is 15.2.